The van der Waals surface area contributed by atoms with E-state index in [0.29, 0.717) is 13.0 Å². The van der Waals surface area contributed by atoms with Gasteiger partial charge in [0.25, 0.3) is 0 Å². The maximum absolute atomic E-state index is 11.7. The Morgan fingerprint density at radius 1 is 1.44 bits per heavy atom. The number of aliphatic hydroxyl groups excluding tert-OH is 1. The Bertz CT molecular complexity index is 410. The van der Waals surface area contributed by atoms with E-state index >= 15 is 0 Å². The van der Waals surface area contributed by atoms with Gasteiger partial charge in [0.05, 0.1) is 12.5 Å². The second-order valence-electron chi connectivity index (χ2n) is 4.33. The van der Waals surface area contributed by atoms with Crippen molar-refractivity contribution >= 4 is 23.6 Å². The number of unbranched alkanes of at least 4 members (excludes halogenated alkanes) is 1. The number of nitrogens with two attached hydrogens (primary N) is 1. The van der Waals surface area contributed by atoms with Crippen LogP contribution in [0.1, 0.15) is 19.3 Å². The number of nitrogens with zero attached hydrogens (tertiary/aromatic N) is 1. The molecule has 0 spiro atoms. The van der Waals surface area contributed by atoms with Crippen molar-refractivity contribution in [3.63, 3.8) is 0 Å². The first kappa shape index (κ1) is 13.4. The van der Waals surface area contributed by atoms with E-state index in [1.807, 2.05) is 0 Å². The molecule has 0 aromatic rings. The predicted octanol–water partition coefficient (Wildman–Crippen LogP) is -0.0648. The monoisotopic (exact) mass is 272 g/mol. The number of hydrogen-bond acceptors (Lipinski definition) is 5. The standard InChI is InChI=1S/C11H16N2O4S/c12-4-2-1-3-7-8(11(16)17)13-9(15)6(5-14)10(13)18-7/h6,10,14H,1-5,12H2,(H,16,17)/t6-,10+/m0/s1. The Kier molecular flexibility index (Phi) is 3.94. The lowest BCUT2D eigenvalue weighted by Crippen LogP contribution is -2.58. The zero-order valence-electron chi connectivity index (χ0n) is 9.83. The van der Waals surface area contributed by atoms with Crippen molar-refractivity contribution in [2.75, 3.05) is 13.2 Å². The number of allylic oxidation sites excluding steroid dienone is 1. The topological polar surface area (TPSA) is 104 Å². The van der Waals surface area contributed by atoms with Crippen molar-refractivity contribution in [3.05, 3.63) is 10.6 Å². The predicted molar refractivity (Wildman–Crippen MR) is 66.4 cm³/mol. The molecular weight excluding hydrogens is 256 g/mol. The number of amides is 1. The SMILES string of the molecule is NCCCCC1=C(C(=O)O)N2C(=O)[C@H](CO)[C@H]2S1. The molecule has 0 saturated carbocycles. The molecule has 2 atom stereocenters. The summed E-state index contributed by atoms with van der Waals surface area (Å²) in [4.78, 5) is 24.9. The van der Waals surface area contributed by atoms with Gasteiger partial charge in [-0.1, -0.05) is 0 Å². The molecule has 0 bridgehead atoms. The summed E-state index contributed by atoms with van der Waals surface area (Å²) in [7, 11) is 0. The van der Waals surface area contributed by atoms with Crippen molar-refractivity contribution in [1.82, 2.24) is 4.90 Å². The molecule has 0 aromatic carbocycles. The lowest BCUT2D eigenvalue weighted by atomic mass is 9.98. The average molecular weight is 272 g/mol. The van der Waals surface area contributed by atoms with Gasteiger partial charge >= 0.3 is 5.97 Å². The van der Waals surface area contributed by atoms with Gasteiger partial charge in [-0.15, -0.1) is 11.8 Å². The van der Waals surface area contributed by atoms with Crippen LogP contribution in [0.15, 0.2) is 10.6 Å². The lowest BCUT2D eigenvalue weighted by molar-refractivity contribution is -0.153. The molecule has 18 heavy (non-hydrogen) atoms. The fraction of sp³-hybridized carbons (Fsp3) is 0.636. The third kappa shape index (κ3) is 2.02. The van der Waals surface area contributed by atoms with Crippen LogP contribution in [0.2, 0.25) is 0 Å². The molecule has 0 aliphatic carbocycles. The minimum Gasteiger partial charge on any atom is -0.477 e. The van der Waals surface area contributed by atoms with Gasteiger partial charge in [0.15, 0.2) is 0 Å². The molecule has 100 valence electrons. The highest BCUT2D eigenvalue weighted by molar-refractivity contribution is 8.04. The minimum absolute atomic E-state index is 0.0942. The smallest absolute Gasteiger partial charge is 0.353 e. The second kappa shape index (κ2) is 5.29. The summed E-state index contributed by atoms with van der Waals surface area (Å²) in [5.41, 5.74) is 5.50. The number of β-lactam (4-membered cyclic amide) rings is 1. The Labute approximate surface area is 109 Å². The second-order valence-corrected chi connectivity index (χ2v) is 5.54. The normalized spacial score (nSPS) is 26.3. The van der Waals surface area contributed by atoms with E-state index in [1.54, 1.807) is 0 Å². The summed E-state index contributed by atoms with van der Waals surface area (Å²) in [5.74, 6) is -1.82. The molecular formula is C11H16N2O4S. The van der Waals surface area contributed by atoms with E-state index < -0.39 is 11.9 Å². The zero-order valence-corrected chi connectivity index (χ0v) is 10.7. The molecule has 1 fully saturated rings. The van der Waals surface area contributed by atoms with Gasteiger partial charge in [-0.2, -0.15) is 0 Å². The number of carboxylic acid groups (broad SMARTS) is 1. The van der Waals surface area contributed by atoms with E-state index in [0.717, 1.165) is 17.7 Å². The Hall–Kier alpha value is -1.05. The number of thioether (sulfide) groups is 1. The molecule has 2 rings (SSSR count). The van der Waals surface area contributed by atoms with Gasteiger partial charge in [-0.25, -0.2) is 4.79 Å². The largest absolute Gasteiger partial charge is 0.477 e. The number of aliphatic carboxylic acids is 1. The molecule has 1 saturated heterocycles. The molecule has 7 heteroatoms. The van der Waals surface area contributed by atoms with Gasteiger partial charge in [0.1, 0.15) is 11.1 Å². The summed E-state index contributed by atoms with van der Waals surface area (Å²) in [6.45, 7) is 0.349. The van der Waals surface area contributed by atoms with Crippen molar-refractivity contribution in [2.24, 2.45) is 11.7 Å². The van der Waals surface area contributed by atoms with Crippen LogP contribution in [0.3, 0.4) is 0 Å². The lowest BCUT2D eigenvalue weighted by Gasteiger charge is -2.41. The van der Waals surface area contributed by atoms with E-state index in [1.165, 1.54) is 16.7 Å². The number of carbonyl (C=O) groups excluding carboxylic acids is 1. The fourth-order valence-corrected chi connectivity index (χ4v) is 3.76. The van der Waals surface area contributed by atoms with Crippen LogP contribution in [0.4, 0.5) is 0 Å². The highest BCUT2D eigenvalue weighted by Gasteiger charge is 2.55. The van der Waals surface area contributed by atoms with Crippen LogP contribution in [-0.2, 0) is 9.59 Å². The van der Waals surface area contributed by atoms with Gasteiger partial charge in [-0.05, 0) is 25.8 Å². The first-order valence-corrected chi connectivity index (χ1v) is 6.77. The van der Waals surface area contributed by atoms with Gasteiger partial charge in [-0.3, -0.25) is 9.69 Å². The molecule has 2 aliphatic rings. The molecule has 2 heterocycles. The molecule has 4 N–H and O–H groups in total. The van der Waals surface area contributed by atoms with Gasteiger partial charge < -0.3 is 15.9 Å². The van der Waals surface area contributed by atoms with E-state index in [4.69, 9.17) is 10.8 Å². The van der Waals surface area contributed by atoms with Crippen LogP contribution in [0, 0.1) is 5.92 Å². The highest BCUT2D eigenvalue weighted by atomic mass is 32.2. The summed E-state index contributed by atoms with van der Waals surface area (Å²) in [6.07, 6.45) is 2.27. The number of fused-ring (bicyclic) bond motifs is 1. The Morgan fingerprint density at radius 3 is 2.72 bits per heavy atom. The maximum Gasteiger partial charge on any atom is 0.353 e. The van der Waals surface area contributed by atoms with Crippen LogP contribution in [-0.4, -0.2) is 45.5 Å². The van der Waals surface area contributed by atoms with Crippen molar-refractivity contribution in [1.29, 1.82) is 0 Å². The Morgan fingerprint density at radius 2 is 2.17 bits per heavy atom. The number of carbonyl (C=O) groups is 2. The first-order chi connectivity index (χ1) is 8.61. The first-order valence-electron chi connectivity index (χ1n) is 5.89. The quantitative estimate of drug-likeness (QED) is 0.462. The summed E-state index contributed by atoms with van der Waals surface area (Å²) < 4.78 is 0. The molecule has 0 unspecified atom stereocenters. The number of aliphatic hydroxyl groups is 1. The summed E-state index contributed by atoms with van der Waals surface area (Å²) in [5, 5.41) is 18.0. The molecule has 0 aromatic heterocycles. The van der Waals surface area contributed by atoms with Crippen LogP contribution in [0.25, 0.3) is 0 Å². The van der Waals surface area contributed by atoms with E-state index in [-0.39, 0.29) is 23.6 Å². The van der Waals surface area contributed by atoms with E-state index in [9.17, 15) is 14.7 Å². The van der Waals surface area contributed by atoms with Gasteiger partial charge in [0, 0.05) is 4.91 Å². The molecule has 1 amide bonds. The van der Waals surface area contributed by atoms with Crippen LogP contribution in [0.5, 0.6) is 0 Å². The van der Waals surface area contributed by atoms with Crippen LogP contribution < -0.4 is 5.73 Å². The summed E-state index contributed by atoms with van der Waals surface area (Å²) >= 11 is 1.39. The third-order valence-electron chi connectivity index (χ3n) is 3.18. The summed E-state index contributed by atoms with van der Waals surface area (Å²) in [6, 6.07) is 0. The fourth-order valence-electron chi connectivity index (χ4n) is 2.23. The number of rotatable bonds is 6. The molecule has 6 nitrogen and oxygen atoms in total. The number of carboxylic acids is 1. The maximum atomic E-state index is 11.7. The Balaban J connectivity index is 2.12. The van der Waals surface area contributed by atoms with Gasteiger partial charge in [0.2, 0.25) is 5.91 Å². The number of hydrogen-bond donors (Lipinski definition) is 3. The third-order valence-corrected chi connectivity index (χ3v) is 4.64. The molecule has 2 aliphatic heterocycles. The molecule has 0 radical (unpaired) electrons. The van der Waals surface area contributed by atoms with E-state index in [2.05, 4.69) is 0 Å². The minimum atomic E-state index is -1.07. The van der Waals surface area contributed by atoms with Crippen molar-refractivity contribution in [3.8, 4) is 0 Å². The van der Waals surface area contributed by atoms with Crippen molar-refractivity contribution in [2.45, 2.75) is 24.6 Å². The van der Waals surface area contributed by atoms with Crippen molar-refractivity contribution < 1.29 is 19.8 Å². The highest BCUT2D eigenvalue weighted by Crippen LogP contribution is 2.50. The van der Waals surface area contributed by atoms with Crippen LogP contribution >= 0.6 is 11.8 Å². The zero-order chi connectivity index (χ0) is 13.3. The average Bonchev–Trinajstić information content (AvgIpc) is 2.65.